The number of hydrogen-bond acceptors (Lipinski definition) is 2. The normalized spacial score (nSPS) is 10.7. The Labute approximate surface area is 145 Å². The summed E-state index contributed by atoms with van der Waals surface area (Å²) in [5.41, 5.74) is 7.48. The Kier molecular flexibility index (Phi) is 4.01. The molecule has 4 aromatic rings. The number of fused-ring (bicyclic) bond motifs is 1. The van der Waals surface area contributed by atoms with Gasteiger partial charge in [-0.1, -0.05) is 60.7 Å². The highest BCUT2D eigenvalue weighted by atomic mass is 16.2. The fourth-order valence-electron chi connectivity index (χ4n) is 2.93. The molecule has 1 heterocycles. The van der Waals surface area contributed by atoms with Crippen molar-refractivity contribution in [1.29, 1.82) is 0 Å². The minimum atomic E-state index is -0.144. The second kappa shape index (κ2) is 6.61. The summed E-state index contributed by atoms with van der Waals surface area (Å²) in [5, 5.41) is 0. The number of rotatable bonds is 4. The number of nitrogens with zero attached hydrogens (tertiary/aromatic N) is 2. The average Bonchev–Trinajstić information content (AvgIpc) is 3.06. The van der Waals surface area contributed by atoms with Gasteiger partial charge in [0.2, 0.25) is 0 Å². The number of benzene rings is 3. The molecule has 0 spiro atoms. The number of imidazole rings is 1. The first-order valence-corrected chi connectivity index (χ1v) is 8.16. The van der Waals surface area contributed by atoms with Crippen molar-refractivity contribution in [2.45, 2.75) is 6.42 Å². The van der Waals surface area contributed by atoms with Gasteiger partial charge in [-0.05, 0) is 35.7 Å². The number of hydrogen-bond donors (Lipinski definition) is 1. The molecule has 1 N–H and O–H groups in total. The van der Waals surface area contributed by atoms with Gasteiger partial charge in [0.15, 0.2) is 0 Å². The van der Waals surface area contributed by atoms with E-state index in [1.807, 2.05) is 66.7 Å². The summed E-state index contributed by atoms with van der Waals surface area (Å²) in [6, 6.07) is 25.5. The zero-order chi connectivity index (χ0) is 17.1. The zero-order valence-electron chi connectivity index (χ0n) is 13.6. The molecule has 4 heteroatoms. The van der Waals surface area contributed by atoms with Gasteiger partial charge in [0, 0.05) is 5.56 Å². The lowest BCUT2D eigenvalue weighted by molar-refractivity contribution is 0.101. The van der Waals surface area contributed by atoms with E-state index in [9.17, 15) is 4.79 Å². The fourth-order valence-corrected chi connectivity index (χ4v) is 2.93. The van der Waals surface area contributed by atoms with Gasteiger partial charge in [0.25, 0.3) is 5.91 Å². The van der Waals surface area contributed by atoms with Gasteiger partial charge < -0.3 is 0 Å². The first kappa shape index (κ1) is 15.1. The van der Waals surface area contributed by atoms with Crippen LogP contribution in [0.25, 0.3) is 11.0 Å². The van der Waals surface area contributed by atoms with Crippen LogP contribution in [0.2, 0.25) is 0 Å². The third-order valence-electron chi connectivity index (χ3n) is 4.17. The smallest absolute Gasteiger partial charge is 0.267 e. The van der Waals surface area contributed by atoms with Gasteiger partial charge in [-0.2, -0.15) is 0 Å². The van der Waals surface area contributed by atoms with E-state index in [2.05, 4.69) is 22.5 Å². The minimum Gasteiger partial charge on any atom is -0.267 e. The van der Waals surface area contributed by atoms with Crippen LogP contribution in [-0.4, -0.2) is 15.6 Å². The molecule has 0 bridgehead atoms. The monoisotopic (exact) mass is 327 g/mol. The minimum absolute atomic E-state index is 0.144. The highest BCUT2D eigenvalue weighted by molar-refractivity contribution is 6.02. The Morgan fingerprint density at radius 1 is 0.880 bits per heavy atom. The summed E-state index contributed by atoms with van der Waals surface area (Å²) in [6.45, 7) is 0. The van der Waals surface area contributed by atoms with Gasteiger partial charge in [-0.15, -0.1) is 0 Å². The molecular weight excluding hydrogens is 310 g/mol. The van der Waals surface area contributed by atoms with Gasteiger partial charge in [-0.3, -0.25) is 10.2 Å². The van der Waals surface area contributed by atoms with Crippen LogP contribution in [0.4, 0.5) is 0 Å². The lowest BCUT2D eigenvalue weighted by Gasteiger charge is -2.11. The third kappa shape index (κ3) is 3.15. The Morgan fingerprint density at radius 3 is 2.48 bits per heavy atom. The highest BCUT2D eigenvalue weighted by Crippen LogP contribution is 2.16. The van der Waals surface area contributed by atoms with Crippen molar-refractivity contribution in [3.8, 4) is 0 Å². The largest absolute Gasteiger partial charge is 0.270 e. The average molecular weight is 327 g/mol. The van der Waals surface area contributed by atoms with Crippen molar-refractivity contribution in [2.24, 2.45) is 0 Å². The molecule has 0 saturated heterocycles. The standard InChI is InChI=1S/C21H17N3O/c25-21(23-24-15-22-19-12-6-7-13-20(19)24)18-11-5-4-10-17(18)14-16-8-2-1-3-9-16/h1-13,15H,14H2,(H,23,25). The maximum absolute atomic E-state index is 12.8. The predicted molar refractivity (Wildman–Crippen MR) is 99.1 cm³/mol. The molecule has 3 aromatic carbocycles. The fraction of sp³-hybridized carbons (Fsp3) is 0.0476. The summed E-state index contributed by atoms with van der Waals surface area (Å²) in [5.74, 6) is -0.144. The van der Waals surface area contributed by atoms with Crippen LogP contribution in [0.15, 0.2) is 85.2 Å². The molecule has 1 aromatic heterocycles. The number of nitrogens with one attached hydrogen (secondary N) is 1. The van der Waals surface area contributed by atoms with Crippen LogP contribution >= 0.6 is 0 Å². The van der Waals surface area contributed by atoms with E-state index in [4.69, 9.17) is 0 Å². The number of carbonyl (C=O) groups excluding carboxylic acids is 1. The topological polar surface area (TPSA) is 46.9 Å². The van der Waals surface area contributed by atoms with Crippen LogP contribution in [0, 0.1) is 0 Å². The number of aromatic nitrogens is 2. The van der Waals surface area contributed by atoms with E-state index in [1.165, 1.54) is 5.56 Å². The number of amides is 1. The maximum Gasteiger partial charge on any atom is 0.270 e. The van der Waals surface area contributed by atoms with Crippen LogP contribution in [0.1, 0.15) is 21.5 Å². The molecule has 25 heavy (non-hydrogen) atoms. The van der Waals surface area contributed by atoms with E-state index in [1.54, 1.807) is 11.0 Å². The number of carbonyl (C=O) groups is 1. The summed E-state index contributed by atoms with van der Waals surface area (Å²) in [6.07, 6.45) is 2.34. The number of para-hydroxylation sites is 2. The molecular formula is C21H17N3O. The summed E-state index contributed by atoms with van der Waals surface area (Å²) < 4.78 is 1.66. The molecule has 4 rings (SSSR count). The predicted octanol–water partition coefficient (Wildman–Crippen LogP) is 4.01. The van der Waals surface area contributed by atoms with Gasteiger partial charge in [0.1, 0.15) is 6.33 Å². The van der Waals surface area contributed by atoms with Crippen molar-refractivity contribution >= 4 is 16.9 Å². The second-order valence-corrected chi connectivity index (χ2v) is 5.86. The Bertz CT molecular complexity index is 1020. The van der Waals surface area contributed by atoms with Crippen LogP contribution in [-0.2, 0) is 6.42 Å². The van der Waals surface area contributed by atoms with E-state index in [0.717, 1.165) is 23.0 Å². The SMILES string of the molecule is O=C(Nn1cnc2ccccc21)c1ccccc1Cc1ccccc1. The maximum atomic E-state index is 12.8. The molecule has 1 amide bonds. The van der Waals surface area contributed by atoms with E-state index < -0.39 is 0 Å². The molecule has 0 aliphatic carbocycles. The molecule has 122 valence electrons. The van der Waals surface area contributed by atoms with Gasteiger partial charge >= 0.3 is 0 Å². The Hall–Kier alpha value is -3.40. The zero-order valence-corrected chi connectivity index (χ0v) is 13.6. The van der Waals surface area contributed by atoms with Crippen LogP contribution in [0.5, 0.6) is 0 Å². The molecule has 0 atom stereocenters. The molecule has 0 aliphatic rings. The van der Waals surface area contributed by atoms with Crippen molar-refractivity contribution in [1.82, 2.24) is 9.66 Å². The Balaban J connectivity index is 1.62. The Morgan fingerprint density at radius 2 is 1.60 bits per heavy atom. The summed E-state index contributed by atoms with van der Waals surface area (Å²) in [4.78, 5) is 17.1. The van der Waals surface area contributed by atoms with E-state index >= 15 is 0 Å². The molecule has 0 radical (unpaired) electrons. The van der Waals surface area contributed by atoms with Crippen LogP contribution in [0.3, 0.4) is 0 Å². The second-order valence-electron chi connectivity index (χ2n) is 5.86. The van der Waals surface area contributed by atoms with Crippen molar-refractivity contribution in [3.63, 3.8) is 0 Å². The lowest BCUT2D eigenvalue weighted by atomic mass is 9.99. The first-order chi connectivity index (χ1) is 12.3. The van der Waals surface area contributed by atoms with Gasteiger partial charge in [-0.25, -0.2) is 9.66 Å². The molecule has 0 aliphatic heterocycles. The van der Waals surface area contributed by atoms with E-state index in [-0.39, 0.29) is 5.91 Å². The van der Waals surface area contributed by atoms with Gasteiger partial charge in [0.05, 0.1) is 11.0 Å². The quantitative estimate of drug-likeness (QED) is 0.615. The van der Waals surface area contributed by atoms with E-state index in [0.29, 0.717) is 5.56 Å². The summed E-state index contributed by atoms with van der Waals surface area (Å²) >= 11 is 0. The highest BCUT2D eigenvalue weighted by Gasteiger charge is 2.12. The van der Waals surface area contributed by atoms with Crippen molar-refractivity contribution in [3.05, 3.63) is 102 Å². The summed E-state index contributed by atoms with van der Waals surface area (Å²) in [7, 11) is 0. The molecule has 0 unspecified atom stereocenters. The van der Waals surface area contributed by atoms with Crippen molar-refractivity contribution < 1.29 is 4.79 Å². The molecule has 0 fully saturated rings. The van der Waals surface area contributed by atoms with Crippen LogP contribution < -0.4 is 5.43 Å². The molecule has 0 saturated carbocycles. The first-order valence-electron chi connectivity index (χ1n) is 8.16. The molecule has 4 nitrogen and oxygen atoms in total. The lowest BCUT2D eigenvalue weighted by Crippen LogP contribution is -2.23. The van der Waals surface area contributed by atoms with Crippen molar-refractivity contribution in [2.75, 3.05) is 5.43 Å². The third-order valence-corrected chi connectivity index (χ3v) is 4.17.